The van der Waals surface area contributed by atoms with Gasteiger partial charge in [-0.1, -0.05) is 11.2 Å². The minimum absolute atomic E-state index is 0.0134. The molecule has 0 fully saturated rings. The number of amides is 1. The van der Waals surface area contributed by atoms with Crippen molar-refractivity contribution in [3.63, 3.8) is 0 Å². The number of carbonyl (C=O) groups is 1. The molecule has 1 aromatic rings. The molecule has 0 spiro atoms. The maximum Gasteiger partial charge on any atom is 0.256 e. The molecule has 3 N–H and O–H groups in total. The van der Waals surface area contributed by atoms with Gasteiger partial charge in [-0.2, -0.15) is 0 Å². The molecular weight excluding hydrogens is 249 g/mol. The number of carbonyl (C=O) groups excluding carboxylic acids is 1. The van der Waals surface area contributed by atoms with Crippen molar-refractivity contribution in [3.8, 4) is 0 Å². The zero-order valence-electron chi connectivity index (χ0n) is 11.2. The highest BCUT2D eigenvalue weighted by molar-refractivity contribution is 5.95. The fourth-order valence-corrected chi connectivity index (χ4v) is 1.66. The van der Waals surface area contributed by atoms with E-state index in [-0.39, 0.29) is 23.9 Å². The lowest BCUT2D eigenvalue weighted by Crippen LogP contribution is -2.38. The van der Waals surface area contributed by atoms with E-state index >= 15 is 0 Å². The molecule has 0 radical (unpaired) electrons. The van der Waals surface area contributed by atoms with Crippen LogP contribution in [0.4, 0.5) is 4.39 Å². The molecule has 0 aliphatic carbocycles. The van der Waals surface area contributed by atoms with Crippen LogP contribution in [0.15, 0.2) is 23.4 Å². The Morgan fingerprint density at radius 1 is 1.58 bits per heavy atom. The molecule has 1 atom stereocenters. The molecule has 0 aromatic heterocycles. The molecule has 104 valence electrons. The Kier molecular flexibility index (Phi) is 4.86. The highest BCUT2D eigenvalue weighted by Crippen LogP contribution is 2.14. The summed E-state index contributed by atoms with van der Waals surface area (Å²) in [5.74, 6) is -0.958. The zero-order valence-corrected chi connectivity index (χ0v) is 11.2. The summed E-state index contributed by atoms with van der Waals surface area (Å²) < 4.78 is 13.7. The third kappa shape index (κ3) is 3.67. The second-order valence-corrected chi connectivity index (χ2v) is 4.54. The van der Waals surface area contributed by atoms with Gasteiger partial charge in [0.1, 0.15) is 11.7 Å². The molecule has 0 aliphatic heterocycles. The Bertz CT molecular complexity index is 503. The number of halogens is 1. The lowest BCUT2D eigenvalue weighted by Gasteiger charge is -2.24. The van der Waals surface area contributed by atoms with Crippen molar-refractivity contribution in [2.75, 3.05) is 7.05 Å². The summed E-state index contributed by atoms with van der Waals surface area (Å²) in [7, 11) is 1.55. The predicted molar refractivity (Wildman–Crippen MR) is 70.7 cm³/mol. The molecular formula is C13H18FN3O2. The van der Waals surface area contributed by atoms with E-state index < -0.39 is 11.7 Å². The van der Waals surface area contributed by atoms with Crippen molar-refractivity contribution in [2.45, 2.75) is 26.3 Å². The Morgan fingerprint density at radius 2 is 2.21 bits per heavy atom. The third-order valence-corrected chi connectivity index (χ3v) is 2.97. The fourth-order valence-electron chi connectivity index (χ4n) is 1.66. The Morgan fingerprint density at radius 3 is 2.74 bits per heavy atom. The van der Waals surface area contributed by atoms with E-state index in [4.69, 9.17) is 10.9 Å². The van der Waals surface area contributed by atoms with Gasteiger partial charge in [-0.25, -0.2) is 4.39 Å². The number of benzene rings is 1. The first-order chi connectivity index (χ1) is 8.86. The van der Waals surface area contributed by atoms with Crippen LogP contribution in [-0.4, -0.2) is 34.9 Å². The largest absolute Gasteiger partial charge is 0.409 e. The number of nitrogens with zero attached hydrogens (tertiary/aromatic N) is 2. The normalized spacial score (nSPS) is 13.2. The van der Waals surface area contributed by atoms with Crippen molar-refractivity contribution in [1.29, 1.82) is 0 Å². The first-order valence-corrected chi connectivity index (χ1v) is 5.86. The topological polar surface area (TPSA) is 78.9 Å². The van der Waals surface area contributed by atoms with Crippen molar-refractivity contribution in [2.24, 2.45) is 10.9 Å². The van der Waals surface area contributed by atoms with Crippen LogP contribution in [0.5, 0.6) is 0 Å². The van der Waals surface area contributed by atoms with Crippen LogP contribution in [0.2, 0.25) is 0 Å². The molecule has 1 amide bonds. The van der Waals surface area contributed by atoms with Crippen molar-refractivity contribution >= 4 is 11.7 Å². The van der Waals surface area contributed by atoms with Gasteiger partial charge in [-0.05, 0) is 31.5 Å². The second kappa shape index (κ2) is 6.17. The van der Waals surface area contributed by atoms with E-state index in [0.717, 1.165) is 5.56 Å². The lowest BCUT2D eigenvalue weighted by atomic mass is 10.1. The summed E-state index contributed by atoms with van der Waals surface area (Å²) in [5, 5.41) is 11.3. The summed E-state index contributed by atoms with van der Waals surface area (Å²) in [6, 6.07) is 4.15. The SMILES string of the molecule is Cc1ccc(C(=O)N(C)C(C)CC(N)=NO)c(F)c1. The number of hydrogen-bond acceptors (Lipinski definition) is 3. The van der Waals surface area contributed by atoms with Gasteiger partial charge in [0.2, 0.25) is 0 Å². The van der Waals surface area contributed by atoms with E-state index in [0.29, 0.717) is 0 Å². The smallest absolute Gasteiger partial charge is 0.256 e. The van der Waals surface area contributed by atoms with Gasteiger partial charge in [-0.15, -0.1) is 0 Å². The molecule has 6 heteroatoms. The summed E-state index contributed by atoms with van der Waals surface area (Å²) in [6.45, 7) is 3.49. The zero-order chi connectivity index (χ0) is 14.6. The lowest BCUT2D eigenvalue weighted by molar-refractivity contribution is 0.0742. The Hall–Kier alpha value is -2.11. The highest BCUT2D eigenvalue weighted by atomic mass is 19.1. The van der Waals surface area contributed by atoms with Gasteiger partial charge in [0.05, 0.1) is 5.56 Å². The van der Waals surface area contributed by atoms with Gasteiger partial charge in [0.25, 0.3) is 5.91 Å². The van der Waals surface area contributed by atoms with E-state index in [1.165, 1.54) is 17.0 Å². The minimum Gasteiger partial charge on any atom is -0.409 e. The standard InChI is InChI=1S/C13H18FN3O2/c1-8-4-5-10(11(14)6-8)13(18)17(3)9(2)7-12(15)16-19/h4-6,9,19H,7H2,1-3H3,(H2,15,16). The molecule has 1 rings (SSSR count). The number of rotatable bonds is 4. The number of hydrogen-bond donors (Lipinski definition) is 2. The van der Waals surface area contributed by atoms with E-state index in [1.807, 2.05) is 0 Å². The molecule has 1 unspecified atom stereocenters. The summed E-state index contributed by atoms with van der Waals surface area (Å²) >= 11 is 0. The maximum absolute atomic E-state index is 13.7. The molecule has 1 aromatic carbocycles. The van der Waals surface area contributed by atoms with Gasteiger partial charge < -0.3 is 15.8 Å². The third-order valence-electron chi connectivity index (χ3n) is 2.97. The van der Waals surface area contributed by atoms with E-state index in [1.54, 1.807) is 27.0 Å². The van der Waals surface area contributed by atoms with Crippen LogP contribution >= 0.6 is 0 Å². The average molecular weight is 267 g/mol. The molecule has 0 heterocycles. The molecule has 19 heavy (non-hydrogen) atoms. The molecule has 5 nitrogen and oxygen atoms in total. The molecule has 0 bridgehead atoms. The van der Waals surface area contributed by atoms with Crippen LogP contribution < -0.4 is 5.73 Å². The summed E-state index contributed by atoms with van der Waals surface area (Å²) in [6.07, 6.45) is 0.215. The highest BCUT2D eigenvalue weighted by Gasteiger charge is 2.21. The van der Waals surface area contributed by atoms with Crippen molar-refractivity contribution in [1.82, 2.24) is 4.90 Å². The summed E-state index contributed by atoms with van der Waals surface area (Å²) in [5.41, 5.74) is 6.15. The quantitative estimate of drug-likeness (QED) is 0.377. The number of oxime groups is 1. The van der Waals surface area contributed by atoms with Gasteiger partial charge >= 0.3 is 0 Å². The van der Waals surface area contributed by atoms with Crippen LogP contribution in [-0.2, 0) is 0 Å². The van der Waals surface area contributed by atoms with Crippen LogP contribution in [0.25, 0.3) is 0 Å². The van der Waals surface area contributed by atoms with Gasteiger partial charge in [0.15, 0.2) is 0 Å². The number of amidine groups is 1. The second-order valence-electron chi connectivity index (χ2n) is 4.54. The average Bonchev–Trinajstić information content (AvgIpc) is 2.36. The number of aryl methyl sites for hydroxylation is 1. The first kappa shape index (κ1) is 14.9. The molecule has 0 saturated heterocycles. The van der Waals surface area contributed by atoms with E-state index in [9.17, 15) is 9.18 Å². The monoisotopic (exact) mass is 267 g/mol. The van der Waals surface area contributed by atoms with Crippen LogP contribution in [0, 0.1) is 12.7 Å². The molecule has 0 aliphatic rings. The predicted octanol–water partition coefficient (Wildman–Crippen LogP) is 1.73. The van der Waals surface area contributed by atoms with Gasteiger partial charge in [-0.3, -0.25) is 4.79 Å². The van der Waals surface area contributed by atoms with Crippen LogP contribution in [0.3, 0.4) is 0 Å². The van der Waals surface area contributed by atoms with E-state index in [2.05, 4.69) is 5.16 Å². The minimum atomic E-state index is -0.548. The Balaban J connectivity index is 2.87. The molecule has 0 saturated carbocycles. The maximum atomic E-state index is 13.7. The fraction of sp³-hybridized carbons (Fsp3) is 0.385. The first-order valence-electron chi connectivity index (χ1n) is 5.86. The van der Waals surface area contributed by atoms with Crippen molar-refractivity contribution < 1.29 is 14.4 Å². The Labute approximate surface area is 111 Å². The number of nitrogens with two attached hydrogens (primary N) is 1. The van der Waals surface area contributed by atoms with Crippen molar-refractivity contribution in [3.05, 3.63) is 35.1 Å². The summed E-state index contributed by atoms with van der Waals surface area (Å²) in [4.78, 5) is 13.5. The van der Waals surface area contributed by atoms with Crippen LogP contribution in [0.1, 0.15) is 29.3 Å². The van der Waals surface area contributed by atoms with Gasteiger partial charge in [0, 0.05) is 19.5 Å².